The van der Waals surface area contributed by atoms with Gasteiger partial charge in [0.05, 0.1) is 13.2 Å². The number of halogens is 1. The first-order valence-electron chi connectivity index (χ1n) is 7.15. The molecule has 5 heteroatoms. The minimum atomic E-state index is -0.224. The summed E-state index contributed by atoms with van der Waals surface area (Å²) in [7, 11) is 0. The largest absolute Gasteiger partial charge is 0.378 e. The standard InChI is InChI=1S/C16H24N2O2.ClH/c1-16(2,3)13-6-4-12(5-7-13)10-18-15(19)14-11-20-9-8-17-14;/h4-7,14,17H,8-11H2,1-3H3,(H,18,19);1H. The molecule has 1 heterocycles. The molecule has 1 aromatic carbocycles. The summed E-state index contributed by atoms with van der Waals surface area (Å²) in [5.41, 5.74) is 2.57. The first-order chi connectivity index (χ1) is 9.47. The van der Waals surface area contributed by atoms with Crippen LogP contribution in [0.25, 0.3) is 0 Å². The Morgan fingerprint density at radius 1 is 1.33 bits per heavy atom. The molecular weight excluding hydrogens is 288 g/mol. The zero-order valence-corrected chi connectivity index (χ0v) is 13.8. The van der Waals surface area contributed by atoms with Gasteiger partial charge in [0.1, 0.15) is 6.04 Å². The molecule has 2 N–H and O–H groups in total. The fourth-order valence-electron chi connectivity index (χ4n) is 2.17. The van der Waals surface area contributed by atoms with Crippen molar-refractivity contribution < 1.29 is 9.53 Å². The number of hydrogen-bond donors (Lipinski definition) is 2. The van der Waals surface area contributed by atoms with Crippen LogP contribution in [0.4, 0.5) is 0 Å². The highest BCUT2D eigenvalue weighted by Gasteiger charge is 2.20. The minimum Gasteiger partial charge on any atom is -0.378 e. The monoisotopic (exact) mass is 312 g/mol. The first kappa shape index (κ1) is 18.0. The van der Waals surface area contributed by atoms with Crippen molar-refractivity contribution in [3.63, 3.8) is 0 Å². The Hall–Kier alpha value is -1.10. The van der Waals surface area contributed by atoms with E-state index >= 15 is 0 Å². The predicted octanol–water partition coefficient (Wildman–Crippen LogP) is 2.01. The zero-order valence-electron chi connectivity index (χ0n) is 12.9. The van der Waals surface area contributed by atoms with Crippen molar-refractivity contribution in [2.45, 2.75) is 38.8 Å². The van der Waals surface area contributed by atoms with Gasteiger partial charge in [0.25, 0.3) is 0 Å². The number of carbonyl (C=O) groups excluding carboxylic acids is 1. The molecule has 1 unspecified atom stereocenters. The van der Waals surface area contributed by atoms with Crippen molar-refractivity contribution >= 4 is 18.3 Å². The van der Waals surface area contributed by atoms with Crippen LogP contribution in [-0.2, 0) is 21.5 Å². The fourth-order valence-corrected chi connectivity index (χ4v) is 2.17. The molecule has 0 spiro atoms. The molecule has 4 nitrogen and oxygen atoms in total. The number of nitrogens with one attached hydrogen (secondary N) is 2. The molecule has 0 aliphatic carbocycles. The average Bonchev–Trinajstić information content (AvgIpc) is 2.45. The van der Waals surface area contributed by atoms with Gasteiger partial charge in [-0.3, -0.25) is 4.79 Å². The molecule has 1 saturated heterocycles. The van der Waals surface area contributed by atoms with Crippen molar-refractivity contribution in [2.24, 2.45) is 0 Å². The molecule has 0 bridgehead atoms. The summed E-state index contributed by atoms with van der Waals surface area (Å²) in [6, 6.07) is 8.18. The number of morpholine rings is 1. The summed E-state index contributed by atoms with van der Waals surface area (Å²) in [5.74, 6) is 0.00426. The number of benzene rings is 1. The lowest BCUT2D eigenvalue weighted by atomic mass is 9.87. The van der Waals surface area contributed by atoms with Crippen LogP contribution in [0.2, 0.25) is 0 Å². The van der Waals surface area contributed by atoms with Gasteiger partial charge in [-0.25, -0.2) is 0 Å². The third-order valence-corrected chi connectivity index (χ3v) is 3.52. The van der Waals surface area contributed by atoms with Crippen molar-refractivity contribution in [2.75, 3.05) is 19.8 Å². The van der Waals surface area contributed by atoms with E-state index in [1.54, 1.807) is 0 Å². The van der Waals surface area contributed by atoms with Gasteiger partial charge in [0, 0.05) is 13.1 Å². The van der Waals surface area contributed by atoms with E-state index in [1.807, 2.05) is 0 Å². The highest BCUT2D eigenvalue weighted by molar-refractivity contribution is 5.85. The van der Waals surface area contributed by atoms with Crippen LogP contribution in [-0.4, -0.2) is 31.7 Å². The lowest BCUT2D eigenvalue weighted by Crippen LogP contribution is -2.51. The van der Waals surface area contributed by atoms with Gasteiger partial charge in [0.2, 0.25) is 5.91 Å². The van der Waals surface area contributed by atoms with Gasteiger partial charge < -0.3 is 15.4 Å². The Labute approximate surface area is 133 Å². The van der Waals surface area contributed by atoms with Crippen molar-refractivity contribution in [1.82, 2.24) is 10.6 Å². The van der Waals surface area contributed by atoms with Crippen LogP contribution in [0.5, 0.6) is 0 Å². The molecule has 2 rings (SSSR count). The Bertz CT molecular complexity index is 448. The molecule has 118 valence electrons. The molecule has 0 saturated carbocycles. The quantitative estimate of drug-likeness (QED) is 0.897. The van der Waals surface area contributed by atoms with Crippen molar-refractivity contribution in [3.8, 4) is 0 Å². The maximum Gasteiger partial charge on any atom is 0.239 e. The third kappa shape index (κ3) is 5.30. The predicted molar refractivity (Wildman–Crippen MR) is 86.8 cm³/mol. The highest BCUT2D eigenvalue weighted by Crippen LogP contribution is 2.22. The lowest BCUT2D eigenvalue weighted by Gasteiger charge is -2.23. The Balaban J connectivity index is 0.00000220. The summed E-state index contributed by atoms with van der Waals surface area (Å²) < 4.78 is 5.29. The van der Waals surface area contributed by atoms with Crippen molar-refractivity contribution in [1.29, 1.82) is 0 Å². The maximum absolute atomic E-state index is 11.9. The third-order valence-electron chi connectivity index (χ3n) is 3.52. The van der Waals surface area contributed by atoms with Crippen LogP contribution in [0, 0.1) is 0 Å². The average molecular weight is 313 g/mol. The van der Waals surface area contributed by atoms with E-state index in [1.165, 1.54) is 5.56 Å². The van der Waals surface area contributed by atoms with E-state index in [0.29, 0.717) is 19.8 Å². The molecule has 0 radical (unpaired) electrons. The molecule has 1 atom stereocenters. The van der Waals surface area contributed by atoms with E-state index in [0.717, 1.165) is 12.1 Å². The fraction of sp³-hybridized carbons (Fsp3) is 0.562. The maximum atomic E-state index is 11.9. The number of carbonyl (C=O) groups is 1. The smallest absolute Gasteiger partial charge is 0.239 e. The SMILES string of the molecule is CC(C)(C)c1ccc(CNC(=O)C2COCCN2)cc1.Cl. The highest BCUT2D eigenvalue weighted by atomic mass is 35.5. The van der Waals surface area contributed by atoms with E-state index in [9.17, 15) is 4.79 Å². The number of rotatable bonds is 3. The zero-order chi connectivity index (χ0) is 14.6. The van der Waals surface area contributed by atoms with E-state index in [2.05, 4.69) is 55.7 Å². The minimum absolute atomic E-state index is 0. The summed E-state index contributed by atoms with van der Waals surface area (Å²) in [6.45, 7) is 9.00. The number of hydrogen-bond acceptors (Lipinski definition) is 3. The van der Waals surface area contributed by atoms with Crippen LogP contribution in [0.15, 0.2) is 24.3 Å². The van der Waals surface area contributed by atoms with Crippen LogP contribution < -0.4 is 10.6 Å². The molecule has 1 amide bonds. The van der Waals surface area contributed by atoms with Crippen LogP contribution >= 0.6 is 12.4 Å². The van der Waals surface area contributed by atoms with Gasteiger partial charge in [-0.1, -0.05) is 45.0 Å². The summed E-state index contributed by atoms with van der Waals surface area (Å²) >= 11 is 0. The Kier molecular flexibility index (Phi) is 6.65. The molecule has 0 aromatic heterocycles. The van der Waals surface area contributed by atoms with Crippen molar-refractivity contribution in [3.05, 3.63) is 35.4 Å². The molecular formula is C16H25ClN2O2. The Morgan fingerprint density at radius 2 is 2.00 bits per heavy atom. The second kappa shape index (κ2) is 7.78. The second-order valence-corrected chi connectivity index (χ2v) is 6.25. The summed E-state index contributed by atoms with van der Waals surface area (Å²) in [6.07, 6.45) is 0. The van der Waals surface area contributed by atoms with Gasteiger partial charge in [-0.2, -0.15) is 0 Å². The summed E-state index contributed by atoms with van der Waals surface area (Å²) in [5, 5.41) is 6.09. The van der Waals surface area contributed by atoms with E-state index in [4.69, 9.17) is 4.74 Å². The topological polar surface area (TPSA) is 50.4 Å². The van der Waals surface area contributed by atoms with Gasteiger partial charge in [0.15, 0.2) is 0 Å². The molecule has 1 fully saturated rings. The Morgan fingerprint density at radius 3 is 2.52 bits per heavy atom. The number of amides is 1. The lowest BCUT2D eigenvalue weighted by molar-refractivity contribution is -0.126. The molecule has 1 aromatic rings. The molecule has 1 aliphatic heterocycles. The summed E-state index contributed by atoms with van der Waals surface area (Å²) in [4.78, 5) is 11.9. The second-order valence-electron chi connectivity index (χ2n) is 6.25. The first-order valence-corrected chi connectivity index (χ1v) is 7.15. The van der Waals surface area contributed by atoms with Gasteiger partial charge in [-0.15, -0.1) is 12.4 Å². The van der Waals surface area contributed by atoms with E-state index in [-0.39, 0.29) is 29.8 Å². The van der Waals surface area contributed by atoms with Gasteiger partial charge >= 0.3 is 0 Å². The normalized spacial score (nSPS) is 18.7. The van der Waals surface area contributed by atoms with Crippen LogP contribution in [0.1, 0.15) is 31.9 Å². The molecule has 21 heavy (non-hydrogen) atoms. The molecule has 1 aliphatic rings. The van der Waals surface area contributed by atoms with Gasteiger partial charge in [-0.05, 0) is 16.5 Å². The number of ether oxygens (including phenoxy) is 1. The van der Waals surface area contributed by atoms with E-state index < -0.39 is 0 Å². The van der Waals surface area contributed by atoms with Crippen LogP contribution in [0.3, 0.4) is 0 Å².